The van der Waals surface area contributed by atoms with E-state index in [4.69, 9.17) is 4.74 Å². The summed E-state index contributed by atoms with van der Waals surface area (Å²) in [5, 5.41) is 0.124. The molecule has 0 radical (unpaired) electrons. The van der Waals surface area contributed by atoms with E-state index in [0.717, 1.165) is 19.4 Å². The molecule has 164 valence electrons. The number of H-pyrrole nitrogens is 1. The average Bonchev–Trinajstić information content (AvgIpc) is 3.26. The summed E-state index contributed by atoms with van der Waals surface area (Å²) in [6, 6.07) is 2.17. The first-order valence-electron chi connectivity index (χ1n) is 10.7. The Bertz CT molecular complexity index is 1110. The third-order valence-corrected chi connectivity index (χ3v) is 6.68. The first-order chi connectivity index (χ1) is 15.0. The minimum Gasteiger partial charge on any atom is -0.378 e. The summed E-state index contributed by atoms with van der Waals surface area (Å²) in [4.78, 5) is 47.2. The van der Waals surface area contributed by atoms with Crippen molar-refractivity contribution in [2.24, 2.45) is 0 Å². The smallest absolute Gasteiger partial charge is 0.260 e. The molecule has 31 heavy (non-hydrogen) atoms. The fraction of sp³-hybridized carbons (Fsp3) is 0.500. The van der Waals surface area contributed by atoms with Gasteiger partial charge in [0.15, 0.2) is 0 Å². The second-order valence-electron chi connectivity index (χ2n) is 8.44. The highest BCUT2D eigenvalue weighted by atomic mass is 19.1. The molecule has 5 rings (SSSR count). The van der Waals surface area contributed by atoms with E-state index in [2.05, 4.69) is 4.98 Å². The number of nitrogens with zero attached hydrogens (tertiary/aromatic N) is 3. The Morgan fingerprint density at radius 1 is 1.19 bits per heavy atom. The number of halogens is 1. The minimum atomic E-state index is -0.627. The van der Waals surface area contributed by atoms with E-state index in [9.17, 15) is 18.8 Å². The van der Waals surface area contributed by atoms with Crippen LogP contribution in [0.15, 0.2) is 23.1 Å². The van der Waals surface area contributed by atoms with Crippen molar-refractivity contribution < 1.29 is 18.7 Å². The first kappa shape index (κ1) is 20.0. The highest BCUT2D eigenvalue weighted by molar-refractivity contribution is 6.00. The van der Waals surface area contributed by atoms with Gasteiger partial charge in [-0.2, -0.15) is 0 Å². The van der Waals surface area contributed by atoms with Gasteiger partial charge < -0.3 is 24.4 Å². The quantitative estimate of drug-likeness (QED) is 0.780. The predicted octanol–water partition coefficient (Wildman–Crippen LogP) is 1.34. The van der Waals surface area contributed by atoms with E-state index in [1.54, 1.807) is 13.0 Å². The van der Waals surface area contributed by atoms with E-state index in [1.165, 1.54) is 17.2 Å². The van der Waals surface area contributed by atoms with Crippen LogP contribution in [0.3, 0.4) is 0 Å². The van der Waals surface area contributed by atoms with Crippen LogP contribution < -0.4 is 10.3 Å². The Morgan fingerprint density at radius 3 is 2.74 bits per heavy atom. The first-order valence-corrected chi connectivity index (χ1v) is 10.7. The molecule has 0 aliphatic carbocycles. The van der Waals surface area contributed by atoms with Gasteiger partial charge in [-0.15, -0.1) is 0 Å². The lowest BCUT2D eigenvalue weighted by atomic mass is 10.0. The number of anilines is 1. The van der Waals surface area contributed by atoms with Gasteiger partial charge in [-0.1, -0.05) is 0 Å². The van der Waals surface area contributed by atoms with E-state index in [-0.39, 0.29) is 22.9 Å². The van der Waals surface area contributed by atoms with Crippen LogP contribution in [0.5, 0.6) is 0 Å². The normalized spacial score (nSPS) is 24.1. The van der Waals surface area contributed by atoms with Gasteiger partial charge in [0.25, 0.3) is 5.91 Å². The lowest BCUT2D eigenvalue weighted by Gasteiger charge is -2.41. The molecule has 0 bridgehead atoms. The molecule has 1 N–H and O–H groups in total. The Balaban J connectivity index is 1.49. The average molecular weight is 428 g/mol. The largest absolute Gasteiger partial charge is 0.378 e. The standard InChI is InChI=1S/C22H25FN4O4/c1-13-21(29)26-4-2-3-14(26)12-27(13)22(30)16-11-24-18-10-19(25-5-7-31-8-6-25)17(23)9-15(18)20(16)28/h9-11,13-14H,2-8,12H2,1H3,(H,24,28)/t13-,14-/m1/s1. The van der Waals surface area contributed by atoms with Crippen LogP contribution in [-0.2, 0) is 9.53 Å². The number of carbonyl (C=O) groups excluding carboxylic acids is 2. The number of morpholine rings is 1. The second-order valence-corrected chi connectivity index (χ2v) is 8.44. The number of rotatable bonds is 2. The van der Waals surface area contributed by atoms with Gasteiger partial charge in [-0.3, -0.25) is 14.4 Å². The summed E-state index contributed by atoms with van der Waals surface area (Å²) in [6.45, 7) is 5.01. The zero-order valence-corrected chi connectivity index (χ0v) is 17.4. The van der Waals surface area contributed by atoms with Crippen LogP contribution in [0.25, 0.3) is 10.9 Å². The Hall–Kier alpha value is -2.94. The number of benzene rings is 1. The number of aromatic amines is 1. The highest BCUT2D eigenvalue weighted by Gasteiger charge is 2.42. The van der Waals surface area contributed by atoms with Crippen LogP contribution in [0.2, 0.25) is 0 Å². The van der Waals surface area contributed by atoms with Gasteiger partial charge in [-0.25, -0.2) is 4.39 Å². The fourth-order valence-corrected chi connectivity index (χ4v) is 4.92. The van der Waals surface area contributed by atoms with Gasteiger partial charge in [0.1, 0.15) is 17.4 Å². The molecule has 3 fully saturated rings. The van der Waals surface area contributed by atoms with Gasteiger partial charge in [0.05, 0.1) is 24.4 Å². The molecule has 9 heteroatoms. The fourth-order valence-electron chi connectivity index (χ4n) is 4.92. The van der Waals surface area contributed by atoms with Gasteiger partial charge >= 0.3 is 0 Å². The van der Waals surface area contributed by atoms with Crippen molar-refractivity contribution in [1.82, 2.24) is 14.8 Å². The monoisotopic (exact) mass is 428 g/mol. The number of hydrogen-bond acceptors (Lipinski definition) is 5. The van der Waals surface area contributed by atoms with Crippen LogP contribution in [0, 0.1) is 5.82 Å². The molecule has 2 atom stereocenters. The molecule has 1 aromatic heterocycles. The molecule has 0 spiro atoms. The molecule has 8 nitrogen and oxygen atoms in total. The summed E-state index contributed by atoms with van der Waals surface area (Å²) in [5.41, 5.74) is 0.271. The molecular weight excluding hydrogens is 403 g/mol. The molecule has 0 saturated carbocycles. The molecule has 1 aromatic carbocycles. The van der Waals surface area contributed by atoms with Gasteiger partial charge in [0, 0.05) is 43.8 Å². The number of fused-ring (bicyclic) bond motifs is 2. The zero-order chi connectivity index (χ0) is 21.7. The number of nitrogens with one attached hydrogen (secondary N) is 1. The summed E-state index contributed by atoms with van der Waals surface area (Å²) >= 11 is 0. The number of pyridine rings is 1. The minimum absolute atomic E-state index is 0.000660. The van der Waals surface area contributed by atoms with E-state index >= 15 is 0 Å². The third-order valence-electron chi connectivity index (χ3n) is 6.68. The number of amides is 2. The van der Waals surface area contributed by atoms with Crippen molar-refractivity contribution in [3.63, 3.8) is 0 Å². The zero-order valence-electron chi connectivity index (χ0n) is 17.4. The number of aromatic nitrogens is 1. The van der Waals surface area contributed by atoms with Gasteiger partial charge in [0.2, 0.25) is 11.3 Å². The van der Waals surface area contributed by atoms with Crippen molar-refractivity contribution >= 4 is 28.4 Å². The summed E-state index contributed by atoms with van der Waals surface area (Å²) in [7, 11) is 0. The second kappa shape index (κ2) is 7.64. The molecule has 0 unspecified atom stereocenters. The molecular formula is C22H25FN4O4. The number of piperazine rings is 1. The maximum Gasteiger partial charge on any atom is 0.260 e. The molecule has 2 aromatic rings. The molecule has 2 amide bonds. The molecule has 3 aliphatic rings. The summed E-state index contributed by atoms with van der Waals surface area (Å²) in [6.07, 6.45) is 3.16. The number of ether oxygens (including phenoxy) is 1. The predicted molar refractivity (Wildman–Crippen MR) is 113 cm³/mol. The van der Waals surface area contributed by atoms with Crippen LogP contribution in [0.4, 0.5) is 10.1 Å². The van der Waals surface area contributed by atoms with E-state index in [0.29, 0.717) is 44.1 Å². The van der Waals surface area contributed by atoms with Crippen molar-refractivity contribution in [2.75, 3.05) is 44.3 Å². The maximum atomic E-state index is 14.9. The third kappa shape index (κ3) is 3.27. The Morgan fingerprint density at radius 2 is 1.97 bits per heavy atom. The Kier molecular flexibility index (Phi) is 4.92. The molecule has 3 aliphatic heterocycles. The SMILES string of the molecule is C[C@@H]1C(=O)N2CCC[C@@H]2CN1C(=O)c1c[nH]c2cc(N3CCOCC3)c(F)cc2c1=O. The maximum absolute atomic E-state index is 14.9. The molecule has 3 saturated heterocycles. The summed E-state index contributed by atoms with van der Waals surface area (Å²) in [5.74, 6) is -1.08. The lowest BCUT2D eigenvalue weighted by Crippen LogP contribution is -2.60. The van der Waals surface area contributed by atoms with Crippen LogP contribution >= 0.6 is 0 Å². The Labute approximate surface area is 178 Å². The van der Waals surface area contributed by atoms with Crippen LogP contribution in [0.1, 0.15) is 30.1 Å². The highest BCUT2D eigenvalue weighted by Crippen LogP contribution is 2.28. The van der Waals surface area contributed by atoms with Gasteiger partial charge in [-0.05, 0) is 31.9 Å². The van der Waals surface area contributed by atoms with Crippen molar-refractivity contribution in [2.45, 2.75) is 31.8 Å². The summed E-state index contributed by atoms with van der Waals surface area (Å²) < 4.78 is 20.2. The number of carbonyl (C=O) groups is 2. The lowest BCUT2D eigenvalue weighted by molar-refractivity contribution is -0.141. The topological polar surface area (TPSA) is 86.0 Å². The number of hydrogen-bond donors (Lipinski definition) is 1. The van der Waals surface area contributed by atoms with Crippen molar-refractivity contribution in [3.8, 4) is 0 Å². The van der Waals surface area contributed by atoms with Crippen molar-refractivity contribution in [1.29, 1.82) is 0 Å². The van der Waals surface area contributed by atoms with Crippen LogP contribution in [-0.4, -0.2) is 78.1 Å². The van der Waals surface area contributed by atoms with E-state index in [1.807, 2.05) is 9.80 Å². The van der Waals surface area contributed by atoms with E-state index < -0.39 is 23.2 Å². The van der Waals surface area contributed by atoms with Crippen molar-refractivity contribution in [3.05, 3.63) is 39.9 Å². The molecule has 4 heterocycles.